The van der Waals surface area contributed by atoms with Gasteiger partial charge in [0, 0.05) is 41.0 Å². The topological polar surface area (TPSA) is 237 Å². The third-order valence-electron chi connectivity index (χ3n) is 9.49. The lowest BCUT2D eigenvalue weighted by molar-refractivity contribution is -0.138. The van der Waals surface area contributed by atoms with E-state index in [0.29, 0.717) is 42.0 Å². The minimum Gasteiger partial charge on any atom is -0.508 e. The summed E-state index contributed by atoms with van der Waals surface area (Å²) in [6.07, 6.45) is 2.83. The van der Waals surface area contributed by atoms with Gasteiger partial charge in [0.1, 0.15) is 23.4 Å². The maximum Gasteiger partial charge on any atom is 0.246 e. The van der Waals surface area contributed by atoms with Crippen LogP contribution in [0.15, 0.2) is 48.7 Å². The molecule has 0 saturated carbocycles. The number of H-pyrrole nitrogens is 1. The normalized spacial score (nSPS) is 15.6. The van der Waals surface area contributed by atoms with Gasteiger partial charge in [0.15, 0.2) is 0 Å². The van der Waals surface area contributed by atoms with Gasteiger partial charge in [0.25, 0.3) is 0 Å². The number of aromatic amines is 1. The van der Waals surface area contributed by atoms with Crippen molar-refractivity contribution in [3.8, 4) is 5.75 Å². The number of halogens is 1. The highest BCUT2D eigenvalue weighted by Gasteiger charge is 2.43. The molecule has 3 atom stereocenters. The first kappa shape index (κ1) is 42.6. The Morgan fingerprint density at radius 1 is 0.909 bits per heavy atom. The lowest BCUT2D eigenvalue weighted by Crippen LogP contribution is -2.65. The van der Waals surface area contributed by atoms with Gasteiger partial charge < -0.3 is 47.7 Å². The van der Waals surface area contributed by atoms with E-state index in [1.165, 1.54) is 0 Å². The fourth-order valence-corrected chi connectivity index (χ4v) is 6.64. The Bertz CT molecular complexity index is 1850. The SMILES string of the molecule is CC(Cc1ccc(O)cc1)NC(=O)CNC(=O)C(Cc1c[nH]c2cc(Cl)ccc12)NC(=O)[C@H](CC(N)=O)NC(=O)C1(NC(=O)CCC(C)(C)C)CCNCC1. The molecule has 1 aliphatic rings. The van der Waals surface area contributed by atoms with E-state index in [1.807, 2.05) is 20.8 Å². The molecule has 1 saturated heterocycles. The molecule has 6 amide bonds. The van der Waals surface area contributed by atoms with Crippen LogP contribution in [-0.2, 0) is 41.6 Å². The van der Waals surface area contributed by atoms with E-state index in [2.05, 4.69) is 36.9 Å². The van der Waals surface area contributed by atoms with Crippen LogP contribution in [0.5, 0.6) is 5.75 Å². The fraction of sp³-hybridized carbons (Fsp3) is 0.487. The Morgan fingerprint density at radius 2 is 1.60 bits per heavy atom. The lowest BCUT2D eigenvalue weighted by Gasteiger charge is -2.38. The van der Waals surface area contributed by atoms with Crippen LogP contribution in [0.2, 0.25) is 5.02 Å². The minimum absolute atomic E-state index is 0.0330. The Kier molecular flexibility index (Phi) is 14.7. The molecule has 1 aromatic heterocycles. The second-order valence-electron chi connectivity index (χ2n) is 15.5. The van der Waals surface area contributed by atoms with Gasteiger partial charge in [0.2, 0.25) is 35.4 Å². The van der Waals surface area contributed by atoms with Crippen LogP contribution in [0.25, 0.3) is 10.9 Å². The number of phenolic OH excluding ortho intramolecular Hbond substituents is 1. The lowest BCUT2D eigenvalue weighted by atomic mass is 9.85. The zero-order valence-electron chi connectivity index (χ0n) is 31.8. The average Bonchev–Trinajstić information content (AvgIpc) is 3.51. The smallest absolute Gasteiger partial charge is 0.246 e. The average molecular weight is 781 g/mol. The summed E-state index contributed by atoms with van der Waals surface area (Å²) >= 11 is 6.17. The van der Waals surface area contributed by atoms with Gasteiger partial charge in [-0.05, 0) is 86.5 Å². The molecular formula is C39H53ClN8O7. The van der Waals surface area contributed by atoms with E-state index in [0.717, 1.165) is 10.9 Å². The van der Waals surface area contributed by atoms with E-state index < -0.39 is 60.1 Å². The van der Waals surface area contributed by atoms with Gasteiger partial charge >= 0.3 is 0 Å². The fourth-order valence-electron chi connectivity index (χ4n) is 6.47. The zero-order valence-corrected chi connectivity index (χ0v) is 32.5. The summed E-state index contributed by atoms with van der Waals surface area (Å²) < 4.78 is 0. The number of nitrogens with two attached hydrogens (primary N) is 1. The number of nitrogens with one attached hydrogen (secondary N) is 7. The van der Waals surface area contributed by atoms with Crippen LogP contribution in [0.1, 0.15) is 70.9 Å². The molecule has 1 aliphatic heterocycles. The predicted molar refractivity (Wildman–Crippen MR) is 209 cm³/mol. The Hall–Kier alpha value is -5.15. The van der Waals surface area contributed by atoms with E-state index in [9.17, 15) is 33.9 Å². The van der Waals surface area contributed by atoms with E-state index in [-0.39, 0.29) is 48.8 Å². The van der Waals surface area contributed by atoms with Crippen molar-refractivity contribution in [3.05, 3.63) is 64.8 Å². The molecule has 2 aromatic carbocycles. The zero-order chi connectivity index (χ0) is 40.3. The second-order valence-corrected chi connectivity index (χ2v) is 15.9. The molecule has 0 aliphatic carbocycles. The molecule has 15 nitrogen and oxygen atoms in total. The molecule has 4 rings (SSSR count). The summed E-state index contributed by atoms with van der Waals surface area (Å²) in [5.41, 5.74) is 6.33. The third kappa shape index (κ3) is 13.0. The number of aromatic nitrogens is 1. The molecule has 1 fully saturated rings. The van der Waals surface area contributed by atoms with E-state index in [1.54, 1.807) is 55.6 Å². The first-order valence-corrected chi connectivity index (χ1v) is 18.8. The Balaban J connectivity index is 1.50. The van der Waals surface area contributed by atoms with Crippen LogP contribution in [0, 0.1) is 5.41 Å². The highest BCUT2D eigenvalue weighted by atomic mass is 35.5. The molecule has 10 N–H and O–H groups in total. The van der Waals surface area contributed by atoms with Crippen molar-refractivity contribution in [3.63, 3.8) is 0 Å². The molecular weight excluding hydrogens is 728 g/mol. The molecule has 55 heavy (non-hydrogen) atoms. The quantitative estimate of drug-likeness (QED) is 0.0978. The van der Waals surface area contributed by atoms with Gasteiger partial charge in [-0.2, -0.15) is 0 Å². The first-order chi connectivity index (χ1) is 25.9. The monoisotopic (exact) mass is 780 g/mol. The van der Waals surface area contributed by atoms with Crippen molar-refractivity contribution in [2.75, 3.05) is 19.6 Å². The number of hydrogen-bond donors (Lipinski definition) is 9. The third-order valence-corrected chi connectivity index (χ3v) is 9.73. The molecule has 0 radical (unpaired) electrons. The van der Waals surface area contributed by atoms with Crippen LogP contribution in [0.4, 0.5) is 0 Å². The number of amides is 6. The van der Waals surface area contributed by atoms with Crippen molar-refractivity contribution < 1.29 is 33.9 Å². The second kappa shape index (κ2) is 18.9. The van der Waals surface area contributed by atoms with Crippen molar-refractivity contribution in [2.45, 2.75) is 96.3 Å². The standard InChI is InChI=1S/C39H53ClN8O7/c1-23(17-24-5-8-27(49)9-6-24)45-34(52)22-44-35(53)30(18-25-21-43-29-19-26(40)7-10-28(25)29)46-36(54)31(20-32(41)50)47-37(55)39(13-15-42-16-14-39)48-33(51)11-12-38(2,3)4/h5-10,19,21,23,30-31,42-43,49H,11-18,20,22H2,1-4H3,(H2,41,50)(H,44,53)(H,45,52)(H,46,54)(H,47,55)(H,48,51)/t23?,30?,31-/m0/s1. The number of aromatic hydroxyl groups is 1. The molecule has 2 heterocycles. The summed E-state index contributed by atoms with van der Waals surface area (Å²) in [5.74, 6) is -3.71. The number of primary amides is 1. The number of carbonyl (C=O) groups excluding carboxylic acids is 6. The van der Waals surface area contributed by atoms with Gasteiger partial charge in [-0.1, -0.05) is 50.6 Å². The molecule has 0 bridgehead atoms. The van der Waals surface area contributed by atoms with Crippen LogP contribution in [0.3, 0.4) is 0 Å². The van der Waals surface area contributed by atoms with E-state index in [4.69, 9.17) is 17.3 Å². The maximum atomic E-state index is 14.0. The highest BCUT2D eigenvalue weighted by molar-refractivity contribution is 6.31. The van der Waals surface area contributed by atoms with Crippen molar-refractivity contribution in [2.24, 2.45) is 11.1 Å². The molecule has 3 aromatic rings. The Morgan fingerprint density at radius 3 is 2.25 bits per heavy atom. The van der Waals surface area contributed by atoms with Gasteiger partial charge in [0.05, 0.1) is 13.0 Å². The Labute approximate surface area is 325 Å². The summed E-state index contributed by atoms with van der Waals surface area (Å²) in [4.78, 5) is 82.9. The summed E-state index contributed by atoms with van der Waals surface area (Å²) in [6, 6.07) is 8.74. The maximum absolute atomic E-state index is 14.0. The minimum atomic E-state index is -1.48. The van der Waals surface area contributed by atoms with Crippen LogP contribution in [-0.4, -0.2) is 88.8 Å². The van der Waals surface area contributed by atoms with Crippen molar-refractivity contribution in [1.29, 1.82) is 0 Å². The molecule has 0 spiro atoms. The van der Waals surface area contributed by atoms with Crippen molar-refractivity contribution >= 4 is 57.9 Å². The highest BCUT2D eigenvalue weighted by Crippen LogP contribution is 2.25. The number of phenols is 1. The van der Waals surface area contributed by atoms with Gasteiger partial charge in [-0.25, -0.2) is 0 Å². The van der Waals surface area contributed by atoms with Crippen molar-refractivity contribution in [1.82, 2.24) is 36.9 Å². The first-order valence-electron chi connectivity index (χ1n) is 18.4. The molecule has 298 valence electrons. The number of hydrogen-bond acceptors (Lipinski definition) is 8. The number of piperidine rings is 1. The summed E-state index contributed by atoms with van der Waals surface area (Å²) in [6.45, 7) is 8.30. The molecule has 2 unspecified atom stereocenters. The predicted octanol–water partition coefficient (Wildman–Crippen LogP) is 1.84. The van der Waals surface area contributed by atoms with Crippen LogP contribution >= 0.6 is 11.6 Å². The van der Waals surface area contributed by atoms with Gasteiger partial charge in [-0.3, -0.25) is 28.8 Å². The number of fused-ring (bicyclic) bond motifs is 1. The van der Waals surface area contributed by atoms with Gasteiger partial charge in [-0.15, -0.1) is 0 Å². The number of rotatable bonds is 17. The molecule has 16 heteroatoms. The largest absolute Gasteiger partial charge is 0.508 e. The van der Waals surface area contributed by atoms with E-state index >= 15 is 0 Å². The van der Waals surface area contributed by atoms with Crippen LogP contribution < -0.4 is 37.6 Å². The number of carbonyl (C=O) groups is 6. The summed E-state index contributed by atoms with van der Waals surface area (Å²) in [5, 5.41) is 27.6. The number of benzene rings is 2. The summed E-state index contributed by atoms with van der Waals surface area (Å²) in [7, 11) is 0.